The molecule has 2 aliphatic heterocycles. The molecule has 2 fully saturated rings. The molecule has 0 spiro atoms. The van der Waals surface area contributed by atoms with Gasteiger partial charge in [0.15, 0.2) is 0 Å². The molecule has 0 unspecified atom stereocenters. The quantitative estimate of drug-likeness (QED) is 0.618. The van der Waals surface area contributed by atoms with Crippen LogP contribution in [0.3, 0.4) is 0 Å². The van der Waals surface area contributed by atoms with Crippen molar-refractivity contribution in [2.45, 2.75) is 45.6 Å². The molecule has 0 saturated carbocycles. The highest BCUT2D eigenvalue weighted by Gasteiger charge is 2.51. The lowest BCUT2D eigenvalue weighted by Crippen LogP contribution is -2.76. The number of carbonyl (C=O) groups excluding carboxylic acids is 3. The van der Waals surface area contributed by atoms with E-state index < -0.39 is 12.2 Å². The van der Waals surface area contributed by atoms with Crippen LogP contribution in [0.4, 0.5) is 4.79 Å². The number of furan rings is 1. The fraction of sp³-hybridized carbons (Fsp3) is 0.423. The number of hydrazine groups is 1. The molecule has 1 aromatic carbocycles. The Morgan fingerprint density at radius 1 is 1.20 bits per heavy atom. The zero-order chi connectivity index (χ0) is 24.9. The minimum Gasteiger partial charge on any atom is -0.467 e. The maximum Gasteiger partial charge on any atom is 0.334 e. The molecule has 0 aliphatic carbocycles. The highest BCUT2D eigenvalue weighted by Crippen LogP contribution is 2.30. The highest BCUT2D eigenvalue weighted by molar-refractivity contribution is 5.91. The number of urea groups is 1. The Hall–Kier alpha value is -3.77. The molecular formula is C26H31N5O4. The molecule has 2 aromatic rings. The molecule has 4 rings (SSSR count). The lowest BCUT2D eigenvalue weighted by Gasteiger charge is -2.55. The van der Waals surface area contributed by atoms with Gasteiger partial charge in [-0.2, -0.15) is 5.01 Å². The van der Waals surface area contributed by atoms with Crippen molar-refractivity contribution in [2.75, 3.05) is 19.6 Å². The van der Waals surface area contributed by atoms with Crippen molar-refractivity contribution < 1.29 is 18.8 Å². The number of hydrogen-bond acceptors (Lipinski definition) is 5. The summed E-state index contributed by atoms with van der Waals surface area (Å²) in [5, 5.41) is 6.04. The van der Waals surface area contributed by atoms with E-state index in [1.165, 1.54) is 5.01 Å². The van der Waals surface area contributed by atoms with Gasteiger partial charge in [-0.25, -0.2) is 9.80 Å². The van der Waals surface area contributed by atoms with Crippen LogP contribution >= 0.6 is 0 Å². The van der Waals surface area contributed by atoms with E-state index in [1.807, 2.05) is 44.2 Å². The van der Waals surface area contributed by atoms with Gasteiger partial charge in [0, 0.05) is 6.54 Å². The van der Waals surface area contributed by atoms with Crippen molar-refractivity contribution in [3.63, 3.8) is 0 Å². The topological polar surface area (TPSA) is 89.3 Å². The Kier molecular flexibility index (Phi) is 7.42. The summed E-state index contributed by atoms with van der Waals surface area (Å²) in [7, 11) is 0. The summed E-state index contributed by atoms with van der Waals surface area (Å²) in [6.07, 6.45) is 6.95. The zero-order valence-electron chi connectivity index (χ0n) is 20.1. The fourth-order valence-corrected chi connectivity index (χ4v) is 4.70. The van der Waals surface area contributed by atoms with Crippen LogP contribution in [0.15, 0.2) is 53.1 Å². The molecule has 2 atom stereocenters. The van der Waals surface area contributed by atoms with Gasteiger partial charge in [0.05, 0.1) is 32.4 Å². The summed E-state index contributed by atoms with van der Waals surface area (Å²) in [4.78, 5) is 43.5. The van der Waals surface area contributed by atoms with Crippen LogP contribution in [0.2, 0.25) is 0 Å². The number of hydrogen-bond donors (Lipinski definition) is 1. The number of carbonyl (C=O) groups is 3. The van der Waals surface area contributed by atoms with Crippen LogP contribution in [0.5, 0.6) is 0 Å². The Labute approximate surface area is 205 Å². The number of fused-ring (bicyclic) bond motifs is 1. The van der Waals surface area contributed by atoms with Crippen molar-refractivity contribution in [3.8, 4) is 12.3 Å². The van der Waals surface area contributed by atoms with E-state index in [0.29, 0.717) is 18.7 Å². The van der Waals surface area contributed by atoms with Gasteiger partial charge in [-0.15, -0.1) is 6.42 Å². The molecule has 3 heterocycles. The maximum absolute atomic E-state index is 13.5. The first-order valence-corrected chi connectivity index (χ1v) is 11.8. The van der Waals surface area contributed by atoms with Gasteiger partial charge >= 0.3 is 6.03 Å². The number of nitrogens with zero attached hydrogens (tertiary/aromatic N) is 4. The molecule has 1 aromatic heterocycles. The summed E-state index contributed by atoms with van der Waals surface area (Å²) >= 11 is 0. The van der Waals surface area contributed by atoms with Crippen molar-refractivity contribution >= 4 is 17.8 Å². The summed E-state index contributed by atoms with van der Waals surface area (Å²) in [6.45, 7) is 4.78. The summed E-state index contributed by atoms with van der Waals surface area (Å²) < 4.78 is 5.48. The van der Waals surface area contributed by atoms with Gasteiger partial charge in [-0.1, -0.05) is 50.1 Å². The number of rotatable bonds is 7. The van der Waals surface area contributed by atoms with Gasteiger partial charge in [-0.05, 0) is 30.0 Å². The molecule has 184 valence electrons. The normalized spacial score (nSPS) is 20.7. The Balaban J connectivity index is 1.65. The van der Waals surface area contributed by atoms with E-state index in [2.05, 4.69) is 11.2 Å². The Bertz CT molecular complexity index is 1080. The van der Waals surface area contributed by atoms with Crippen LogP contribution in [-0.2, 0) is 22.7 Å². The van der Waals surface area contributed by atoms with Gasteiger partial charge in [0.1, 0.15) is 18.0 Å². The van der Waals surface area contributed by atoms with Gasteiger partial charge in [0.2, 0.25) is 11.8 Å². The first kappa shape index (κ1) is 24.4. The first-order valence-electron chi connectivity index (χ1n) is 11.8. The van der Waals surface area contributed by atoms with E-state index >= 15 is 0 Å². The number of terminal acetylenes is 1. The van der Waals surface area contributed by atoms with Crippen molar-refractivity contribution in [2.24, 2.45) is 5.92 Å². The molecule has 9 nitrogen and oxygen atoms in total. The second-order valence-electron chi connectivity index (χ2n) is 9.24. The average molecular weight is 478 g/mol. The van der Waals surface area contributed by atoms with Crippen molar-refractivity contribution in [3.05, 3.63) is 60.1 Å². The monoisotopic (exact) mass is 477 g/mol. The summed E-state index contributed by atoms with van der Waals surface area (Å²) in [5.41, 5.74) is 0.949. The first-order chi connectivity index (χ1) is 16.9. The lowest BCUT2D eigenvalue weighted by atomic mass is 9.97. The van der Waals surface area contributed by atoms with E-state index in [4.69, 9.17) is 10.8 Å². The Morgan fingerprint density at radius 3 is 2.63 bits per heavy atom. The molecule has 1 N–H and O–H groups in total. The molecule has 0 bridgehead atoms. The van der Waals surface area contributed by atoms with Crippen LogP contribution in [0, 0.1) is 18.3 Å². The number of nitrogens with one attached hydrogen (secondary N) is 1. The van der Waals surface area contributed by atoms with Crippen LogP contribution < -0.4 is 5.32 Å². The minimum atomic E-state index is -0.684. The summed E-state index contributed by atoms with van der Waals surface area (Å²) in [5.74, 6) is 3.00. The van der Waals surface area contributed by atoms with Gasteiger partial charge in [-0.3, -0.25) is 9.59 Å². The number of piperazine rings is 1. The van der Waals surface area contributed by atoms with E-state index in [0.717, 1.165) is 5.56 Å². The smallest absolute Gasteiger partial charge is 0.334 e. The number of benzene rings is 1. The van der Waals surface area contributed by atoms with Crippen LogP contribution in [0.1, 0.15) is 31.6 Å². The predicted molar refractivity (Wildman–Crippen MR) is 129 cm³/mol. The standard InChI is InChI=1S/C26H31N5O4/c1-4-12-29-18-24(32)30-22(14-19(2)3)25(33)28(16-21-11-8-13-35-21)17-23(30)31(29)26(34)27-15-20-9-6-5-7-10-20/h1,5-11,13,19,22-23H,12,14-18H2,2-3H3,(H,27,34)/t22-,23-/m0/s1. The molecule has 4 amide bonds. The highest BCUT2D eigenvalue weighted by atomic mass is 16.3. The van der Waals surface area contributed by atoms with E-state index in [9.17, 15) is 14.4 Å². The second kappa shape index (κ2) is 10.7. The maximum atomic E-state index is 13.5. The van der Waals surface area contributed by atoms with Gasteiger partial charge in [0.25, 0.3) is 0 Å². The van der Waals surface area contributed by atoms with E-state index in [1.54, 1.807) is 33.2 Å². The largest absolute Gasteiger partial charge is 0.467 e. The Morgan fingerprint density at radius 2 is 1.97 bits per heavy atom. The second-order valence-corrected chi connectivity index (χ2v) is 9.24. The SMILES string of the molecule is C#CCN1CC(=O)N2[C@@H](CC(C)C)C(=O)N(Cc3ccco3)C[C@@H]2N1C(=O)NCc1ccccc1. The molecule has 2 saturated heterocycles. The third-order valence-corrected chi connectivity index (χ3v) is 6.22. The van der Waals surface area contributed by atoms with Crippen LogP contribution in [-0.4, -0.2) is 69.5 Å². The lowest BCUT2D eigenvalue weighted by molar-refractivity contribution is -0.190. The van der Waals surface area contributed by atoms with Crippen molar-refractivity contribution in [1.29, 1.82) is 0 Å². The third-order valence-electron chi connectivity index (χ3n) is 6.22. The molecule has 35 heavy (non-hydrogen) atoms. The van der Waals surface area contributed by atoms with Crippen molar-refractivity contribution in [1.82, 2.24) is 25.1 Å². The van der Waals surface area contributed by atoms with Crippen LogP contribution in [0.25, 0.3) is 0 Å². The molecule has 9 heteroatoms. The fourth-order valence-electron chi connectivity index (χ4n) is 4.70. The number of amides is 4. The minimum absolute atomic E-state index is 0.0699. The predicted octanol–water partition coefficient (Wildman–Crippen LogP) is 2.27. The molecule has 2 aliphatic rings. The summed E-state index contributed by atoms with van der Waals surface area (Å²) in [6, 6.07) is 12.1. The molecular weight excluding hydrogens is 446 g/mol. The zero-order valence-corrected chi connectivity index (χ0v) is 20.1. The molecule has 0 radical (unpaired) electrons. The average Bonchev–Trinajstić information content (AvgIpc) is 3.34. The van der Waals surface area contributed by atoms with E-state index in [-0.39, 0.29) is 49.9 Å². The third kappa shape index (κ3) is 5.33. The van der Waals surface area contributed by atoms with Gasteiger partial charge < -0.3 is 19.5 Å².